The van der Waals surface area contributed by atoms with E-state index in [2.05, 4.69) is 15.9 Å². The number of aliphatic carboxylic acids is 1. The van der Waals surface area contributed by atoms with Crippen LogP contribution < -0.4 is 0 Å². The van der Waals surface area contributed by atoms with E-state index in [9.17, 15) is 9.90 Å². The van der Waals surface area contributed by atoms with E-state index in [1.807, 2.05) is 38.1 Å². The molecule has 3 nitrogen and oxygen atoms in total. The molecule has 1 N–H and O–H groups in total. The molecule has 98 valence electrons. The van der Waals surface area contributed by atoms with Gasteiger partial charge in [-0.2, -0.15) is 0 Å². The largest absolute Gasteiger partial charge is 0.481 e. The summed E-state index contributed by atoms with van der Waals surface area (Å²) in [6, 6.07) is 7.89. The molecule has 1 aliphatic heterocycles. The van der Waals surface area contributed by atoms with Crippen molar-refractivity contribution in [1.29, 1.82) is 0 Å². The normalized spacial score (nSPS) is 19.3. The van der Waals surface area contributed by atoms with Crippen LogP contribution in [0.25, 0.3) is 0 Å². The van der Waals surface area contributed by atoms with Crippen molar-refractivity contribution in [2.45, 2.75) is 19.3 Å². The van der Waals surface area contributed by atoms with Gasteiger partial charge in [-0.25, -0.2) is 0 Å². The van der Waals surface area contributed by atoms with Gasteiger partial charge < -0.3 is 9.84 Å². The highest BCUT2D eigenvalue weighted by molar-refractivity contribution is 9.10. The first kappa shape index (κ1) is 13.6. The Bertz CT molecular complexity index is 435. The Kier molecular flexibility index (Phi) is 3.78. The Balaban J connectivity index is 2.41. The molecule has 0 radical (unpaired) electrons. The van der Waals surface area contributed by atoms with Gasteiger partial charge in [0.2, 0.25) is 0 Å². The number of rotatable bonds is 4. The lowest BCUT2D eigenvalue weighted by Crippen LogP contribution is -2.56. The molecule has 18 heavy (non-hydrogen) atoms. The van der Waals surface area contributed by atoms with Gasteiger partial charge in [-0.05, 0) is 23.6 Å². The highest BCUT2D eigenvalue weighted by Gasteiger charge is 2.51. The molecule has 1 atom stereocenters. The van der Waals surface area contributed by atoms with Crippen molar-refractivity contribution >= 4 is 21.9 Å². The summed E-state index contributed by atoms with van der Waals surface area (Å²) in [5.74, 6) is -1.07. The van der Waals surface area contributed by atoms with Crippen molar-refractivity contribution in [3.8, 4) is 0 Å². The Morgan fingerprint density at radius 3 is 2.22 bits per heavy atom. The topological polar surface area (TPSA) is 46.5 Å². The Labute approximate surface area is 115 Å². The molecule has 1 aromatic carbocycles. The SMILES string of the molecule is CC(C)C(C(=O)O)C1(c2ccc(Br)cc2)COC1. The molecule has 4 heteroatoms. The van der Waals surface area contributed by atoms with E-state index < -0.39 is 11.9 Å². The molecule has 0 amide bonds. The second kappa shape index (κ2) is 5.02. The van der Waals surface area contributed by atoms with Crippen LogP contribution in [0.15, 0.2) is 28.7 Å². The van der Waals surface area contributed by atoms with E-state index in [0.29, 0.717) is 13.2 Å². The predicted octanol–water partition coefficient (Wildman–Crippen LogP) is 3.07. The number of hydrogen-bond donors (Lipinski definition) is 1. The van der Waals surface area contributed by atoms with Gasteiger partial charge in [0, 0.05) is 4.47 Å². The number of halogens is 1. The molecule has 1 heterocycles. The van der Waals surface area contributed by atoms with E-state index in [-0.39, 0.29) is 11.3 Å². The fourth-order valence-electron chi connectivity index (χ4n) is 2.79. The van der Waals surface area contributed by atoms with E-state index in [0.717, 1.165) is 10.0 Å². The molecule has 1 aromatic rings. The molecule has 1 aliphatic rings. The lowest BCUT2D eigenvalue weighted by Gasteiger charge is -2.47. The fourth-order valence-corrected chi connectivity index (χ4v) is 3.05. The zero-order valence-corrected chi connectivity index (χ0v) is 12.1. The molecule has 0 spiro atoms. The van der Waals surface area contributed by atoms with Gasteiger partial charge in [0.05, 0.1) is 24.5 Å². The molecule has 1 unspecified atom stereocenters. The van der Waals surface area contributed by atoms with Gasteiger partial charge in [-0.1, -0.05) is 41.9 Å². The molecular formula is C14H17BrO3. The van der Waals surface area contributed by atoms with Crippen LogP contribution in [0.5, 0.6) is 0 Å². The van der Waals surface area contributed by atoms with Crippen molar-refractivity contribution in [3.05, 3.63) is 34.3 Å². The summed E-state index contributed by atoms with van der Waals surface area (Å²) in [7, 11) is 0. The molecule has 0 aromatic heterocycles. The maximum atomic E-state index is 11.6. The van der Waals surface area contributed by atoms with E-state index in [1.54, 1.807) is 0 Å². The lowest BCUT2D eigenvalue weighted by atomic mass is 9.64. The highest BCUT2D eigenvalue weighted by atomic mass is 79.9. The maximum Gasteiger partial charge on any atom is 0.307 e. The molecular weight excluding hydrogens is 296 g/mol. The van der Waals surface area contributed by atoms with Gasteiger partial charge in [-0.15, -0.1) is 0 Å². The van der Waals surface area contributed by atoms with Crippen molar-refractivity contribution in [2.75, 3.05) is 13.2 Å². The molecule has 2 rings (SSSR count). The van der Waals surface area contributed by atoms with Crippen LogP contribution in [-0.2, 0) is 14.9 Å². The first-order chi connectivity index (χ1) is 8.47. The first-order valence-electron chi connectivity index (χ1n) is 6.04. The summed E-state index contributed by atoms with van der Waals surface area (Å²) >= 11 is 3.40. The number of ether oxygens (including phenoxy) is 1. The second-order valence-corrected chi connectivity index (χ2v) is 6.13. The quantitative estimate of drug-likeness (QED) is 0.929. The minimum Gasteiger partial charge on any atom is -0.481 e. The van der Waals surface area contributed by atoms with E-state index in [4.69, 9.17) is 4.74 Å². The van der Waals surface area contributed by atoms with Crippen molar-refractivity contribution in [3.63, 3.8) is 0 Å². The van der Waals surface area contributed by atoms with Crippen molar-refractivity contribution < 1.29 is 14.6 Å². The molecule has 1 saturated heterocycles. The third-order valence-electron chi connectivity index (χ3n) is 3.67. The number of carboxylic acids is 1. The summed E-state index contributed by atoms with van der Waals surface area (Å²) in [4.78, 5) is 11.6. The Morgan fingerprint density at radius 2 is 1.89 bits per heavy atom. The minimum absolute atomic E-state index is 0.0787. The van der Waals surface area contributed by atoms with Crippen LogP contribution in [0, 0.1) is 11.8 Å². The molecule has 0 saturated carbocycles. The third kappa shape index (κ3) is 2.19. The second-order valence-electron chi connectivity index (χ2n) is 5.22. The summed E-state index contributed by atoms with van der Waals surface area (Å²) in [6.07, 6.45) is 0. The Morgan fingerprint density at radius 1 is 1.33 bits per heavy atom. The van der Waals surface area contributed by atoms with Gasteiger partial charge in [0.15, 0.2) is 0 Å². The third-order valence-corrected chi connectivity index (χ3v) is 4.20. The van der Waals surface area contributed by atoms with Crippen LogP contribution in [0.1, 0.15) is 19.4 Å². The molecule has 1 fully saturated rings. The van der Waals surface area contributed by atoms with Gasteiger partial charge in [-0.3, -0.25) is 4.79 Å². The van der Waals surface area contributed by atoms with Crippen LogP contribution >= 0.6 is 15.9 Å². The smallest absolute Gasteiger partial charge is 0.307 e. The first-order valence-corrected chi connectivity index (χ1v) is 6.83. The monoisotopic (exact) mass is 312 g/mol. The number of hydrogen-bond acceptors (Lipinski definition) is 2. The van der Waals surface area contributed by atoms with E-state index >= 15 is 0 Å². The lowest BCUT2D eigenvalue weighted by molar-refractivity contribution is -0.161. The highest BCUT2D eigenvalue weighted by Crippen LogP contribution is 2.43. The van der Waals surface area contributed by atoms with Crippen molar-refractivity contribution in [2.24, 2.45) is 11.8 Å². The summed E-state index contributed by atoms with van der Waals surface area (Å²) in [5.41, 5.74) is 0.679. The number of benzene rings is 1. The maximum absolute atomic E-state index is 11.6. The number of carbonyl (C=O) groups is 1. The average Bonchev–Trinajstić information content (AvgIpc) is 2.23. The van der Waals surface area contributed by atoms with Crippen molar-refractivity contribution in [1.82, 2.24) is 0 Å². The summed E-state index contributed by atoms with van der Waals surface area (Å²) in [5, 5.41) is 9.50. The van der Waals surface area contributed by atoms with Crippen LogP contribution in [0.4, 0.5) is 0 Å². The van der Waals surface area contributed by atoms with Crippen LogP contribution in [0.3, 0.4) is 0 Å². The molecule has 0 bridgehead atoms. The number of carboxylic acid groups (broad SMARTS) is 1. The molecule has 0 aliphatic carbocycles. The van der Waals surface area contributed by atoms with Gasteiger partial charge in [0.1, 0.15) is 0 Å². The minimum atomic E-state index is -0.740. The predicted molar refractivity (Wildman–Crippen MR) is 72.6 cm³/mol. The van der Waals surface area contributed by atoms with Crippen LogP contribution in [0.2, 0.25) is 0 Å². The average molecular weight is 313 g/mol. The zero-order chi connectivity index (χ0) is 13.3. The Hall–Kier alpha value is -0.870. The standard InChI is InChI=1S/C14H17BrO3/c1-9(2)12(13(16)17)14(7-18-8-14)10-3-5-11(15)6-4-10/h3-6,9,12H,7-8H2,1-2H3,(H,16,17). The fraction of sp³-hybridized carbons (Fsp3) is 0.500. The van der Waals surface area contributed by atoms with E-state index in [1.165, 1.54) is 0 Å². The van der Waals surface area contributed by atoms with Gasteiger partial charge >= 0.3 is 5.97 Å². The zero-order valence-electron chi connectivity index (χ0n) is 10.5. The summed E-state index contributed by atoms with van der Waals surface area (Å²) < 4.78 is 6.33. The van der Waals surface area contributed by atoms with Gasteiger partial charge in [0.25, 0.3) is 0 Å². The van der Waals surface area contributed by atoms with Crippen LogP contribution in [-0.4, -0.2) is 24.3 Å². The summed E-state index contributed by atoms with van der Waals surface area (Å²) in [6.45, 7) is 4.89.